The molecule has 3 rings (SSSR count). The van der Waals surface area contributed by atoms with Crippen LogP contribution in [0.1, 0.15) is 44.9 Å². The number of hydrogen-bond donors (Lipinski definition) is 0. The molecule has 0 radical (unpaired) electrons. The highest BCUT2D eigenvalue weighted by atomic mass is 35.5. The molecule has 2 heterocycles. The van der Waals surface area contributed by atoms with Gasteiger partial charge in [-0.15, -0.1) is 0 Å². The summed E-state index contributed by atoms with van der Waals surface area (Å²) >= 11 is 6.15. The molecule has 1 aliphatic heterocycles. The zero-order chi connectivity index (χ0) is 14.1. The summed E-state index contributed by atoms with van der Waals surface area (Å²) < 4.78 is 0. The molecule has 0 N–H and O–H groups in total. The highest BCUT2D eigenvalue weighted by Crippen LogP contribution is 2.39. The van der Waals surface area contributed by atoms with Crippen molar-refractivity contribution in [1.29, 1.82) is 0 Å². The number of hydrogen-bond acceptors (Lipinski definition) is 4. The van der Waals surface area contributed by atoms with Crippen molar-refractivity contribution in [3.63, 3.8) is 0 Å². The molecule has 0 spiro atoms. The van der Waals surface area contributed by atoms with Gasteiger partial charge in [0.1, 0.15) is 16.8 Å². The van der Waals surface area contributed by atoms with Crippen molar-refractivity contribution in [2.24, 2.45) is 0 Å². The number of piperazine rings is 1. The van der Waals surface area contributed by atoms with Gasteiger partial charge in [0.2, 0.25) is 0 Å². The topological polar surface area (TPSA) is 32.3 Å². The van der Waals surface area contributed by atoms with E-state index in [1.807, 2.05) is 6.07 Å². The molecule has 0 amide bonds. The van der Waals surface area contributed by atoms with Crippen molar-refractivity contribution in [2.75, 3.05) is 31.1 Å². The fourth-order valence-electron chi connectivity index (χ4n) is 2.76. The molecule has 110 valence electrons. The van der Waals surface area contributed by atoms with Gasteiger partial charge in [-0.3, -0.25) is 4.90 Å². The van der Waals surface area contributed by atoms with Crippen molar-refractivity contribution in [1.82, 2.24) is 14.9 Å². The molecule has 2 fully saturated rings. The molecule has 1 aromatic rings. The van der Waals surface area contributed by atoms with Crippen molar-refractivity contribution in [3.8, 4) is 0 Å². The molecule has 1 aliphatic carbocycles. The minimum Gasteiger partial charge on any atom is -0.354 e. The fraction of sp³-hybridized carbons (Fsp3) is 0.733. The maximum Gasteiger partial charge on any atom is 0.135 e. The third-order valence-electron chi connectivity index (χ3n) is 4.49. The Kier molecular flexibility index (Phi) is 4.13. The lowest BCUT2D eigenvalue weighted by atomic mass is 10.2. The highest BCUT2D eigenvalue weighted by molar-refractivity contribution is 6.29. The van der Waals surface area contributed by atoms with Crippen LogP contribution >= 0.6 is 11.6 Å². The second-order valence-electron chi connectivity index (χ2n) is 5.96. The fourth-order valence-corrected chi connectivity index (χ4v) is 2.94. The first kappa shape index (κ1) is 14.1. The first-order valence-corrected chi connectivity index (χ1v) is 8.08. The summed E-state index contributed by atoms with van der Waals surface area (Å²) in [6.45, 7) is 8.83. The average Bonchev–Trinajstić information content (AvgIpc) is 3.30. The molecule has 1 unspecified atom stereocenters. The van der Waals surface area contributed by atoms with Crippen LogP contribution in [0.5, 0.6) is 0 Å². The Morgan fingerprint density at radius 3 is 2.55 bits per heavy atom. The van der Waals surface area contributed by atoms with E-state index in [4.69, 9.17) is 16.6 Å². The number of rotatable bonds is 4. The molecular weight excluding hydrogens is 272 g/mol. The summed E-state index contributed by atoms with van der Waals surface area (Å²) in [7, 11) is 0. The molecule has 5 heteroatoms. The van der Waals surface area contributed by atoms with E-state index in [9.17, 15) is 0 Å². The van der Waals surface area contributed by atoms with Gasteiger partial charge in [0.05, 0.1) is 0 Å². The molecule has 0 bridgehead atoms. The van der Waals surface area contributed by atoms with Gasteiger partial charge < -0.3 is 4.90 Å². The summed E-state index contributed by atoms with van der Waals surface area (Å²) in [6.07, 6.45) is 3.63. The Morgan fingerprint density at radius 1 is 1.25 bits per heavy atom. The third kappa shape index (κ3) is 3.07. The van der Waals surface area contributed by atoms with Gasteiger partial charge in [0.15, 0.2) is 0 Å². The summed E-state index contributed by atoms with van der Waals surface area (Å²) in [4.78, 5) is 14.0. The van der Waals surface area contributed by atoms with E-state index in [2.05, 4.69) is 28.6 Å². The lowest BCUT2D eigenvalue weighted by Gasteiger charge is -2.38. The Balaban J connectivity index is 1.68. The van der Waals surface area contributed by atoms with Crippen LogP contribution in [0, 0.1) is 0 Å². The summed E-state index contributed by atoms with van der Waals surface area (Å²) in [6, 6.07) is 2.58. The first-order chi connectivity index (χ1) is 9.67. The number of halogens is 1. The van der Waals surface area contributed by atoms with Gasteiger partial charge in [0, 0.05) is 44.2 Å². The lowest BCUT2D eigenvalue weighted by molar-refractivity contribution is 0.192. The second kappa shape index (κ2) is 5.86. The Bertz CT molecular complexity index is 467. The summed E-state index contributed by atoms with van der Waals surface area (Å²) in [5.41, 5.74) is 0. The third-order valence-corrected chi connectivity index (χ3v) is 4.69. The normalized spacial score (nSPS) is 22.1. The molecule has 1 saturated carbocycles. The summed E-state index contributed by atoms with van der Waals surface area (Å²) in [5.74, 6) is 2.50. The van der Waals surface area contributed by atoms with E-state index >= 15 is 0 Å². The maximum absolute atomic E-state index is 6.15. The SMILES string of the molecule is CCC(C)N1CCN(c2cc(Cl)nc(C3CC3)n2)CC1. The second-order valence-corrected chi connectivity index (χ2v) is 6.35. The molecule has 1 saturated heterocycles. The summed E-state index contributed by atoms with van der Waals surface area (Å²) in [5, 5.41) is 0.584. The van der Waals surface area contributed by atoms with E-state index in [0.29, 0.717) is 17.1 Å². The van der Waals surface area contributed by atoms with Crippen molar-refractivity contribution >= 4 is 17.4 Å². The van der Waals surface area contributed by atoms with Gasteiger partial charge in [0.25, 0.3) is 0 Å². The van der Waals surface area contributed by atoms with Gasteiger partial charge in [-0.2, -0.15) is 0 Å². The molecule has 0 aromatic carbocycles. The Hall–Kier alpha value is -0.870. The Morgan fingerprint density at radius 2 is 1.95 bits per heavy atom. The van der Waals surface area contributed by atoms with E-state index in [0.717, 1.165) is 37.8 Å². The van der Waals surface area contributed by atoms with Crippen LogP contribution in [-0.2, 0) is 0 Å². The predicted octanol–water partition coefficient (Wildman–Crippen LogP) is 2.93. The molecular formula is C15H23ClN4. The van der Waals surface area contributed by atoms with Gasteiger partial charge in [-0.1, -0.05) is 18.5 Å². The smallest absolute Gasteiger partial charge is 0.135 e. The number of anilines is 1. The van der Waals surface area contributed by atoms with Crippen molar-refractivity contribution in [3.05, 3.63) is 17.0 Å². The van der Waals surface area contributed by atoms with Gasteiger partial charge in [-0.25, -0.2) is 9.97 Å². The molecule has 2 aliphatic rings. The van der Waals surface area contributed by atoms with Crippen LogP contribution in [0.25, 0.3) is 0 Å². The zero-order valence-corrected chi connectivity index (χ0v) is 13.1. The quantitative estimate of drug-likeness (QED) is 0.799. The van der Waals surface area contributed by atoms with Crippen LogP contribution in [0.2, 0.25) is 5.15 Å². The largest absolute Gasteiger partial charge is 0.354 e. The molecule has 1 atom stereocenters. The lowest BCUT2D eigenvalue weighted by Crippen LogP contribution is -2.49. The first-order valence-electron chi connectivity index (χ1n) is 7.71. The number of nitrogens with zero attached hydrogens (tertiary/aromatic N) is 4. The van der Waals surface area contributed by atoms with Crippen LogP contribution in [-0.4, -0.2) is 47.1 Å². The molecule has 1 aromatic heterocycles. The van der Waals surface area contributed by atoms with E-state index < -0.39 is 0 Å². The maximum atomic E-state index is 6.15. The monoisotopic (exact) mass is 294 g/mol. The van der Waals surface area contributed by atoms with Gasteiger partial charge >= 0.3 is 0 Å². The van der Waals surface area contributed by atoms with Crippen molar-refractivity contribution in [2.45, 2.75) is 45.1 Å². The average molecular weight is 295 g/mol. The van der Waals surface area contributed by atoms with Gasteiger partial charge in [-0.05, 0) is 26.2 Å². The van der Waals surface area contributed by atoms with E-state index in [1.165, 1.54) is 19.3 Å². The predicted molar refractivity (Wildman–Crippen MR) is 82.6 cm³/mol. The number of aromatic nitrogens is 2. The minimum atomic E-state index is 0.550. The van der Waals surface area contributed by atoms with Crippen LogP contribution < -0.4 is 4.90 Å². The Labute approximate surface area is 126 Å². The highest BCUT2D eigenvalue weighted by Gasteiger charge is 2.28. The standard InChI is InChI=1S/C15H23ClN4/c1-3-11(2)19-6-8-20(9-7-19)14-10-13(16)17-15(18-14)12-4-5-12/h10-12H,3-9H2,1-2H3. The minimum absolute atomic E-state index is 0.550. The van der Waals surface area contributed by atoms with E-state index in [1.54, 1.807) is 0 Å². The van der Waals surface area contributed by atoms with Crippen LogP contribution in [0.4, 0.5) is 5.82 Å². The molecule has 4 nitrogen and oxygen atoms in total. The van der Waals surface area contributed by atoms with Crippen LogP contribution in [0.3, 0.4) is 0 Å². The zero-order valence-electron chi connectivity index (χ0n) is 12.3. The van der Waals surface area contributed by atoms with E-state index in [-0.39, 0.29) is 0 Å². The van der Waals surface area contributed by atoms with Crippen molar-refractivity contribution < 1.29 is 0 Å². The molecule has 20 heavy (non-hydrogen) atoms. The van der Waals surface area contributed by atoms with Crippen LogP contribution in [0.15, 0.2) is 6.07 Å².